The van der Waals surface area contributed by atoms with Gasteiger partial charge in [0.25, 0.3) is 5.91 Å². The lowest BCUT2D eigenvalue weighted by molar-refractivity contribution is -0.141. The molecule has 3 aromatic rings. The topological polar surface area (TPSA) is 72.3 Å². The van der Waals surface area contributed by atoms with Crippen LogP contribution in [0.1, 0.15) is 23.3 Å². The van der Waals surface area contributed by atoms with Crippen LogP contribution in [0, 0.1) is 5.82 Å². The predicted octanol–water partition coefficient (Wildman–Crippen LogP) is 3.88. The van der Waals surface area contributed by atoms with E-state index < -0.39 is 18.5 Å². The Kier molecular flexibility index (Phi) is 5.00. The number of nitrogens with one attached hydrogen (secondary N) is 1. The number of benzene rings is 1. The Bertz CT molecular complexity index is 1170. The molecule has 4 heterocycles. The van der Waals surface area contributed by atoms with Crippen molar-refractivity contribution >= 4 is 28.3 Å². The molecule has 1 aromatic carbocycles. The van der Waals surface area contributed by atoms with Gasteiger partial charge in [0.15, 0.2) is 5.82 Å². The number of carbonyl (C=O) groups excluding carboxylic acids is 1. The number of fused-ring (bicyclic) bond motifs is 3. The minimum Gasteiger partial charge on any atom is -0.371 e. The van der Waals surface area contributed by atoms with Gasteiger partial charge in [-0.2, -0.15) is 18.3 Å². The first-order valence-electron chi connectivity index (χ1n) is 10.2. The van der Waals surface area contributed by atoms with Crippen LogP contribution < -0.4 is 5.32 Å². The molecule has 2 bridgehead atoms. The molecule has 0 saturated carbocycles. The summed E-state index contributed by atoms with van der Waals surface area (Å²) in [6.45, 7) is -0.472. The average Bonchev–Trinajstić information content (AvgIpc) is 3.24. The standard InChI is InChI=1S/C21H19F4N5O2/c22-12-2-1-3-13(6-12)27-19-16-8-26-17(7-18(16)30(28-19)11-21(23,24)25)20(31)29-9-14-4-5-15(10-29)32-14/h1-3,6-8,14-15H,4-5,9-11H2,(H,27,28). The Morgan fingerprint density at radius 2 is 1.94 bits per heavy atom. The minimum absolute atomic E-state index is 0.0146. The average molecular weight is 449 g/mol. The van der Waals surface area contributed by atoms with E-state index in [2.05, 4.69) is 15.4 Å². The molecule has 0 radical (unpaired) electrons. The van der Waals surface area contributed by atoms with E-state index in [9.17, 15) is 22.4 Å². The zero-order chi connectivity index (χ0) is 22.5. The van der Waals surface area contributed by atoms with Gasteiger partial charge in [0, 0.05) is 25.0 Å². The fraction of sp³-hybridized carbons (Fsp3) is 0.381. The Balaban J connectivity index is 1.50. The molecule has 1 amide bonds. The van der Waals surface area contributed by atoms with Gasteiger partial charge in [0.1, 0.15) is 18.1 Å². The molecule has 7 nitrogen and oxygen atoms in total. The summed E-state index contributed by atoms with van der Waals surface area (Å²) < 4.78 is 59.5. The highest BCUT2D eigenvalue weighted by atomic mass is 19.4. The molecule has 0 spiro atoms. The van der Waals surface area contributed by atoms with Crippen LogP contribution in [-0.2, 0) is 11.3 Å². The third-order valence-electron chi connectivity index (χ3n) is 5.60. The number of nitrogens with zero attached hydrogens (tertiary/aromatic N) is 4. The second kappa shape index (κ2) is 7.73. The lowest BCUT2D eigenvalue weighted by Crippen LogP contribution is -2.46. The predicted molar refractivity (Wildman–Crippen MR) is 107 cm³/mol. The number of hydrogen-bond donors (Lipinski definition) is 1. The van der Waals surface area contributed by atoms with Crippen molar-refractivity contribution in [3.8, 4) is 0 Å². The lowest BCUT2D eigenvalue weighted by atomic mass is 10.2. The lowest BCUT2D eigenvalue weighted by Gasteiger charge is -2.31. The Hall–Kier alpha value is -3.21. The smallest absolute Gasteiger partial charge is 0.371 e. The number of ether oxygens (including phenoxy) is 1. The first-order valence-corrected chi connectivity index (χ1v) is 10.2. The first kappa shape index (κ1) is 20.7. The summed E-state index contributed by atoms with van der Waals surface area (Å²) in [5, 5.41) is 7.15. The number of aromatic nitrogens is 3. The first-order chi connectivity index (χ1) is 15.2. The van der Waals surface area contributed by atoms with Gasteiger partial charge >= 0.3 is 6.18 Å². The monoisotopic (exact) mass is 449 g/mol. The second-order valence-electron chi connectivity index (χ2n) is 8.01. The third-order valence-corrected chi connectivity index (χ3v) is 5.60. The summed E-state index contributed by atoms with van der Waals surface area (Å²) in [6.07, 6.45) is -1.47. The Labute approximate surface area is 180 Å². The number of amides is 1. The van der Waals surface area contributed by atoms with Crippen molar-refractivity contribution < 1.29 is 27.1 Å². The Morgan fingerprint density at radius 1 is 1.19 bits per heavy atom. The summed E-state index contributed by atoms with van der Waals surface area (Å²) in [7, 11) is 0. The maximum atomic E-state index is 13.5. The molecular weight excluding hydrogens is 430 g/mol. The fourth-order valence-corrected chi connectivity index (χ4v) is 4.21. The van der Waals surface area contributed by atoms with E-state index in [4.69, 9.17) is 4.74 Å². The fourth-order valence-electron chi connectivity index (χ4n) is 4.21. The van der Waals surface area contributed by atoms with Gasteiger partial charge in [-0.25, -0.2) is 4.39 Å². The van der Waals surface area contributed by atoms with Gasteiger partial charge in [-0.15, -0.1) is 0 Å². The summed E-state index contributed by atoms with van der Waals surface area (Å²) in [6, 6.07) is 6.81. The van der Waals surface area contributed by atoms with Gasteiger partial charge in [-0.3, -0.25) is 14.5 Å². The van der Waals surface area contributed by atoms with Crippen molar-refractivity contribution in [1.82, 2.24) is 19.7 Å². The molecule has 2 saturated heterocycles. The highest BCUT2D eigenvalue weighted by Crippen LogP contribution is 2.30. The van der Waals surface area contributed by atoms with E-state index in [0.717, 1.165) is 17.5 Å². The van der Waals surface area contributed by atoms with Crippen molar-refractivity contribution in [3.05, 3.63) is 48.0 Å². The Morgan fingerprint density at radius 3 is 2.62 bits per heavy atom. The van der Waals surface area contributed by atoms with Gasteiger partial charge in [0.2, 0.25) is 0 Å². The third kappa shape index (κ3) is 4.12. The maximum absolute atomic E-state index is 13.5. The molecular formula is C21H19F4N5O2. The molecule has 0 aliphatic carbocycles. The van der Waals surface area contributed by atoms with Crippen molar-refractivity contribution in [2.24, 2.45) is 0 Å². The molecule has 2 fully saturated rings. The van der Waals surface area contributed by atoms with Gasteiger partial charge in [-0.1, -0.05) is 6.07 Å². The molecule has 2 unspecified atom stereocenters. The van der Waals surface area contributed by atoms with E-state index in [-0.39, 0.29) is 40.5 Å². The van der Waals surface area contributed by atoms with Crippen LogP contribution in [0.25, 0.3) is 10.9 Å². The number of pyridine rings is 1. The molecule has 2 aliphatic heterocycles. The van der Waals surface area contributed by atoms with Crippen LogP contribution in [0.15, 0.2) is 36.5 Å². The van der Waals surface area contributed by atoms with Crippen molar-refractivity contribution in [3.63, 3.8) is 0 Å². The van der Waals surface area contributed by atoms with Crippen LogP contribution >= 0.6 is 0 Å². The SMILES string of the molecule is O=C(c1cc2c(cn1)c(Nc1cccc(F)c1)nn2CC(F)(F)F)N1CC2CCC(C1)O2. The second-order valence-corrected chi connectivity index (χ2v) is 8.01. The minimum atomic E-state index is -4.52. The van der Waals surface area contributed by atoms with Crippen LogP contribution in [0.2, 0.25) is 0 Å². The molecule has 168 valence electrons. The van der Waals surface area contributed by atoms with E-state index in [1.165, 1.54) is 30.5 Å². The van der Waals surface area contributed by atoms with Crippen LogP contribution in [0.4, 0.5) is 29.1 Å². The molecule has 2 aliphatic rings. The molecule has 1 N–H and O–H groups in total. The number of rotatable bonds is 4. The largest absolute Gasteiger partial charge is 0.408 e. The normalized spacial score (nSPS) is 20.7. The molecule has 11 heteroatoms. The van der Waals surface area contributed by atoms with Crippen molar-refractivity contribution in [2.75, 3.05) is 18.4 Å². The number of morpholine rings is 1. The zero-order valence-electron chi connectivity index (χ0n) is 16.8. The number of hydrogen-bond acceptors (Lipinski definition) is 5. The number of carbonyl (C=O) groups is 1. The molecule has 2 atom stereocenters. The van der Waals surface area contributed by atoms with E-state index in [0.29, 0.717) is 18.8 Å². The van der Waals surface area contributed by atoms with Crippen molar-refractivity contribution in [1.29, 1.82) is 0 Å². The number of likely N-dealkylation sites (tertiary alicyclic amines) is 1. The molecule has 32 heavy (non-hydrogen) atoms. The number of anilines is 2. The van der Waals surface area contributed by atoms with Gasteiger partial charge in [0.05, 0.1) is 23.1 Å². The zero-order valence-corrected chi connectivity index (χ0v) is 16.8. The number of halogens is 4. The number of alkyl halides is 3. The van der Waals surface area contributed by atoms with E-state index in [1.54, 1.807) is 11.0 Å². The van der Waals surface area contributed by atoms with E-state index >= 15 is 0 Å². The summed E-state index contributed by atoms with van der Waals surface area (Å²) in [5.74, 6) is -0.767. The summed E-state index contributed by atoms with van der Waals surface area (Å²) in [4.78, 5) is 18.8. The molecule has 2 aromatic heterocycles. The van der Waals surface area contributed by atoms with E-state index in [1.807, 2.05) is 0 Å². The summed E-state index contributed by atoms with van der Waals surface area (Å²) >= 11 is 0. The summed E-state index contributed by atoms with van der Waals surface area (Å²) in [5.41, 5.74) is 0.475. The van der Waals surface area contributed by atoms with Crippen LogP contribution in [0.5, 0.6) is 0 Å². The van der Waals surface area contributed by atoms with Gasteiger partial charge in [-0.05, 0) is 37.1 Å². The van der Waals surface area contributed by atoms with Crippen LogP contribution in [-0.4, -0.2) is 57.0 Å². The van der Waals surface area contributed by atoms with Crippen molar-refractivity contribution in [2.45, 2.75) is 37.8 Å². The quantitative estimate of drug-likeness (QED) is 0.612. The highest BCUT2D eigenvalue weighted by Gasteiger charge is 2.36. The van der Waals surface area contributed by atoms with Gasteiger partial charge < -0.3 is 15.0 Å². The molecule has 5 rings (SSSR count). The van der Waals surface area contributed by atoms with Crippen LogP contribution in [0.3, 0.4) is 0 Å². The maximum Gasteiger partial charge on any atom is 0.408 e. The highest BCUT2D eigenvalue weighted by molar-refractivity contribution is 5.98.